The quantitative estimate of drug-likeness (QED) is 0.0238. The number of ether oxygens (including phenoxy) is 3. The van der Waals surface area contributed by atoms with Gasteiger partial charge in [0.1, 0.15) is 67.6 Å². The summed E-state index contributed by atoms with van der Waals surface area (Å²) in [6, 6.07) is 3.26. The number of halogens is 2. The van der Waals surface area contributed by atoms with Gasteiger partial charge in [-0.25, -0.2) is 42.9 Å². The van der Waals surface area contributed by atoms with Crippen molar-refractivity contribution in [2.75, 3.05) is 50.6 Å². The minimum Gasteiger partial charge on any atom is -0.447 e. The topological polar surface area (TPSA) is 391 Å². The lowest BCUT2D eigenvalue weighted by atomic mass is 10.0. The highest BCUT2D eigenvalue weighted by atomic mass is 32.7. The number of unbranched alkanes of at least 4 members (excludes halogenated alkanes) is 2. The number of aliphatic hydroxyl groups excluding tert-OH is 1. The minimum atomic E-state index is -4.53. The van der Waals surface area contributed by atoms with Gasteiger partial charge >= 0.3 is 25.7 Å². The Kier molecular flexibility index (Phi) is 21.1. The number of benzene rings is 1. The van der Waals surface area contributed by atoms with Crippen molar-refractivity contribution in [3.8, 4) is 0 Å². The van der Waals surface area contributed by atoms with E-state index >= 15 is 8.78 Å². The van der Waals surface area contributed by atoms with Crippen LogP contribution in [0.2, 0.25) is 0 Å². The van der Waals surface area contributed by atoms with Crippen molar-refractivity contribution in [3.63, 3.8) is 0 Å². The molecule has 9 rings (SSSR count). The fraction of sp³-hybridized carbons (Fsp3) is 0.500. The Morgan fingerprint density at radius 2 is 1.66 bits per heavy atom. The number of imide groups is 1. The summed E-state index contributed by atoms with van der Waals surface area (Å²) in [7, 11) is 1.41. The van der Waals surface area contributed by atoms with Crippen LogP contribution in [-0.2, 0) is 79.3 Å². The molecule has 31 nitrogen and oxygen atoms in total. The Bertz CT molecular complexity index is 3680. The van der Waals surface area contributed by atoms with Gasteiger partial charge in [-0.05, 0) is 61.6 Å². The highest BCUT2D eigenvalue weighted by molar-refractivity contribution is 8.44. The molecule has 3 aliphatic heterocycles. The largest absolute Gasteiger partial charge is 0.447 e. The number of H-pyrrole nitrogens is 1. The molecule has 7 N–H and O–H groups in total. The van der Waals surface area contributed by atoms with E-state index in [1.165, 1.54) is 37.0 Å². The third kappa shape index (κ3) is 15.9. The SMILES string of the molecule is CC(C)[C@H](NC(=O)CCCCCN1C(=O)C=CC1=O)C(=O)N[C@@H](C)C(=O)Nc1ccc(COC(=O)N(C)CCOC(=O)Nc2ncnc3c2ncn3[C@@H]2C[C@@H]3COP(O)(=S)O[C@@H]4[C@H](O)[C@@H](COP(=O)(S)O[C@H]3[C@H]2F)O[C@H]4n2cc(F)c3c(=O)[nH]cnc32)cc1. The van der Waals surface area contributed by atoms with Crippen LogP contribution in [-0.4, -0.2) is 178 Å². The summed E-state index contributed by atoms with van der Waals surface area (Å²) in [4.78, 5) is 133. The number of aliphatic hydroxyl groups is 1. The molecule has 4 aromatic heterocycles. The van der Waals surface area contributed by atoms with Gasteiger partial charge in [0.15, 0.2) is 34.7 Å². The molecular weight excluding hydrogens is 1260 g/mol. The maximum Gasteiger partial charge on any atom is 0.412 e. The van der Waals surface area contributed by atoms with Crippen molar-refractivity contribution < 1.29 is 89.2 Å². The van der Waals surface area contributed by atoms with Gasteiger partial charge in [0, 0.05) is 50.0 Å². The van der Waals surface area contributed by atoms with Crippen LogP contribution >= 0.6 is 25.8 Å². The molecule has 1 saturated carbocycles. The Labute approximate surface area is 514 Å². The fourth-order valence-corrected chi connectivity index (χ4v) is 13.2. The zero-order valence-electron chi connectivity index (χ0n) is 47.9. The monoisotopic (exact) mass is 1320 g/mol. The third-order valence-electron chi connectivity index (χ3n) is 14.9. The number of amides is 7. The molecule has 7 amide bonds. The van der Waals surface area contributed by atoms with Crippen molar-refractivity contribution in [1.82, 2.24) is 54.5 Å². The molecule has 37 heteroatoms. The van der Waals surface area contributed by atoms with E-state index in [2.05, 4.69) is 58.4 Å². The molecule has 2 saturated heterocycles. The van der Waals surface area contributed by atoms with E-state index in [1.807, 2.05) is 0 Å². The van der Waals surface area contributed by atoms with Crippen LogP contribution in [0.25, 0.3) is 22.2 Å². The Hall–Kier alpha value is -7.17. The molecule has 2 unspecified atom stereocenters. The maximum atomic E-state index is 16.8. The van der Waals surface area contributed by atoms with Crippen LogP contribution < -0.4 is 26.8 Å². The molecule has 12 atom stereocenters. The van der Waals surface area contributed by atoms with E-state index < -0.39 is 128 Å². The molecule has 1 aliphatic carbocycles. The first-order valence-corrected chi connectivity index (χ1v) is 33.1. The number of aromatic amines is 1. The molecule has 2 bridgehead atoms. The number of hydrogen-bond donors (Lipinski definition) is 8. The van der Waals surface area contributed by atoms with Crippen LogP contribution in [0.5, 0.6) is 0 Å². The van der Waals surface area contributed by atoms with Crippen LogP contribution in [0.15, 0.2) is 66.4 Å². The van der Waals surface area contributed by atoms with Gasteiger partial charge in [0.2, 0.25) is 17.7 Å². The second-order valence-corrected chi connectivity index (χ2v) is 27.2. The Balaban J connectivity index is 0.716. The maximum absolute atomic E-state index is 16.8. The van der Waals surface area contributed by atoms with E-state index in [-0.39, 0.29) is 85.4 Å². The molecular formula is C52H63F2N13O18P2S2. The fourth-order valence-electron chi connectivity index (χ4n) is 10.2. The number of likely N-dealkylation sites (N-methyl/N-ethyl adjacent to an activating group) is 1. The first-order chi connectivity index (χ1) is 42.3. The number of carbonyl (C=O) groups is 7. The second kappa shape index (κ2) is 28.3. The summed E-state index contributed by atoms with van der Waals surface area (Å²) >= 11 is 9.41. The molecule has 3 fully saturated rings. The minimum absolute atomic E-state index is 0.000146. The van der Waals surface area contributed by atoms with E-state index in [4.69, 9.17) is 44.1 Å². The number of anilines is 2. The molecule has 5 aromatic rings. The lowest BCUT2D eigenvalue weighted by Gasteiger charge is -2.28. The number of fused-ring (bicyclic) bond motifs is 5. The average Bonchev–Trinajstić information content (AvgIpc) is 1.67. The predicted octanol–water partition coefficient (Wildman–Crippen LogP) is 3.82. The number of nitrogens with zero attached hydrogens (tertiary/aromatic N) is 8. The summed E-state index contributed by atoms with van der Waals surface area (Å²) in [5.41, 5.74) is -0.0614. The highest BCUT2D eigenvalue weighted by Crippen LogP contribution is 2.59. The van der Waals surface area contributed by atoms with Gasteiger partial charge in [0.05, 0.1) is 38.5 Å². The number of aromatic nitrogens is 7. The van der Waals surface area contributed by atoms with E-state index in [1.54, 1.807) is 38.1 Å². The van der Waals surface area contributed by atoms with Crippen LogP contribution in [0, 0.1) is 17.7 Å². The molecule has 7 heterocycles. The molecule has 0 spiro atoms. The number of rotatable bonds is 20. The van der Waals surface area contributed by atoms with Crippen molar-refractivity contribution in [1.29, 1.82) is 0 Å². The molecule has 1 aromatic carbocycles. The van der Waals surface area contributed by atoms with Crippen LogP contribution in [0.4, 0.5) is 29.9 Å². The van der Waals surface area contributed by atoms with Gasteiger partial charge in [-0.3, -0.25) is 52.6 Å². The standard InChI is InChI=1S/C52H63F2N13O18P2S2/c1-26(2)39(62-34(68)8-6-5-7-15-65-35(69)13-14-36(65)70)49(74)60-27(3)47(72)61-30-11-9-28(10-12-30)20-80-52(76)64(4)16-17-79-51(75)63-44-40-46(57-23-55-44)67(25-59-40)32-18-29-21-81-86(77,88)85-43-41(71)33(22-82-87(78,89)84-42(29)38(32)54)83-50(43)66-19-31(53)37-45(66)56-24-58-48(37)73/h9-14,19,23-27,29,32-33,38-39,41-43,50,71H,5-8,15-18,20-22H2,1-4H3,(H,60,74)(H,61,72)(H,62,68)(H,77,88)(H,78,89)(H,56,58,73)(H,55,57,63,75)/t27-,29+,32+,33+,38-,39-,41+,42+,43+,50+,86?,87?/m0/s1. The van der Waals surface area contributed by atoms with Crippen molar-refractivity contribution in [3.05, 3.63) is 83.3 Å². The number of carbonyl (C=O) groups excluding carboxylic acids is 7. The lowest BCUT2D eigenvalue weighted by Crippen LogP contribution is -2.53. The zero-order valence-corrected chi connectivity index (χ0v) is 51.4. The summed E-state index contributed by atoms with van der Waals surface area (Å²) < 4.78 is 87.3. The summed E-state index contributed by atoms with van der Waals surface area (Å²) in [5.74, 6) is -4.66. The van der Waals surface area contributed by atoms with Crippen molar-refractivity contribution in [2.45, 2.75) is 114 Å². The number of thiol groups is 1. The number of imidazole rings is 1. The molecule has 0 radical (unpaired) electrons. The van der Waals surface area contributed by atoms with Gasteiger partial charge in [-0.2, -0.15) is 0 Å². The summed E-state index contributed by atoms with van der Waals surface area (Å²) in [5, 5.41) is 21.4. The first-order valence-electron chi connectivity index (χ1n) is 27.8. The number of nitrogens with one attached hydrogen (secondary N) is 5. The normalized spacial score (nSPS) is 26.0. The Morgan fingerprint density at radius 3 is 2.39 bits per heavy atom. The van der Waals surface area contributed by atoms with Crippen molar-refractivity contribution >= 4 is 113 Å². The molecule has 89 heavy (non-hydrogen) atoms. The van der Waals surface area contributed by atoms with Gasteiger partial charge in [0.25, 0.3) is 17.4 Å². The van der Waals surface area contributed by atoms with Crippen LogP contribution in [0.3, 0.4) is 0 Å². The molecule has 480 valence electrons. The Morgan fingerprint density at radius 1 is 0.921 bits per heavy atom. The van der Waals surface area contributed by atoms with E-state index in [0.717, 1.165) is 33.2 Å². The first kappa shape index (κ1) is 66.3. The van der Waals surface area contributed by atoms with Gasteiger partial charge < -0.3 is 63.7 Å². The lowest BCUT2D eigenvalue weighted by molar-refractivity contribution is -0.137. The molecule has 4 aliphatic rings. The summed E-state index contributed by atoms with van der Waals surface area (Å²) in [6.07, 6.45) is -3.47. The van der Waals surface area contributed by atoms with Gasteiger partial charge in [-0.15, -0.1) is 0 Å². The predicted molar refractivity (Wildman–Crippen MR) is 314 cm³/mol. The number of alkyl halides is 1. The average molecular weight is 1320 g/mol. The van der Waals surface area contributed by atoms with Crippen molar-refractivity contribution in [2.24, 2.45) is 11.8 Å². The number of hydrogen-bond acceptors (Lipinski definition) is 22. The second-order valence-electron chi connectivity index (χ2n) is 21.5. The third-order valence-corrected chi connectivity index (χ3v) is 18.1. The highest BCUT2D eigenvalue weighted by Gasteiger charge is 2.53. The summed E-state index contributed by atoms with van der Waals surface area (Å²) in [6.45, 7) is -5.57. The van der Waals surface area contributed by atoms with Crippen LogP contribution in [0.1, 0.15) is 70.7 Å². The van der Waals surface area contributed by atoms with Gasteiger partial charge in [-0.1, -0.05) is 44.6 Å². The smallest absolute Gasteiger partial charge is 0.412 e. The van der Waals surface area contributed by atoms with E-state index in [9.17, 15) is 52.9 Å². The van der Waals surface area contributed by atoms with E-state index in [0.29, 0.717) is 30.5 Å². The zero-order chi connectivity index (χ0) is 64.1.